The van der Waals surface area contributed by atoms with E-state index in [1.54, 1.807) is 0 Å². The minimum atomic E-state index is -2.33. The van der Waals surface area contributed by atoms with Crippen molar-refractivity contribution in [3.63, 3.8) is 0 Å². The van der Waals surface area contributed by atoms with Crippen molar-refractivity contribution in [3.8, 4) is 0 Å². The number of aromatic nitrogens is 2. The summed E-state index contributed by atoms with van der Waals surface area (Å²) in [5, 5.41) is 0. The first-order chi connectivity index (χ1) is 10.8. The van der Waals surface area contributed by atoms with Crippen LogP contribution in [0.3, 0.4) is 0 Å². The Morgan fingerprint density at radius 1 is 0.864 bits per heavy atom. The second-order valence-electron chi connectivity index (χ2n) is 7.19. The van der Waals surface area contributed by atoms with Crippen LogP contribution in [0.25, 0.3) is 0 Å². The second-order valence-corrected chi connectivity index (χ2v) is 20.2. The quantitative estimate of drug-likeness (QED) is 0.457. The maximum atomic E-state index is 5.00. The van der Waals surface area contributed by atoms with Gasteiger partial charge in [0.15, 0.2) is 0 Å². The predicted octanol–water partition coefficient (Wildman–Crippen LogP) is 5.41. The van der Waals surface area contributed by atoms with Crippen LogP contribution in [0.1, 0.15) is 83.7 Å². The fourth-order valence-electron chi connectivity index (χ4n) is 3.51. The third kappa shape index (κ3) is 4.94. The zero-order valence-corrected chi connectivity index (χ0v) is 17.8. The van der Waals surface area contributed by atoms with Crippen molar-refractivity contribution in [1.29, 1.82) is 0 Å². The van der Waals surface area contributed by atoms with Crippen LogP contribution in [-0.2, 0) is 0 Å². The summed E-state index contributed by atoms with van der Waals surface area (Å²) in [4.78, 5) is 9.82. The Morgan fingerprint density at radius 3 is 1.77 bits per heavy atom. The molecule has 0 atom stereocenters. The summed E-state index contributed by atoms with van der Waals surface area (Å²) in [5.74, 6) is 0.730. The molecule has 1 aliphatic rings. The number of rotatable bonds is 11. The van der Waals surface area contributed by atoms with E-state index in [-0.39, 0.29) is 0 Å². The molecule has 2 rings (SSSR count). The van der Waals surface area contributed by atoms with Crippen molar-refractivity contribution in [2.24, 2.45) is 0 Å². The van der Waals surface area contributed by atoms with Gasteiger partial charge in [0.05, 0.1) is 0 Å². The maximum absolute atomic E-state index is 5.00. The third-order valence-corrected chi connectivity index (χ3v) is 20.3. The van der Waals surface area contributed by atoms with Gasteiger partial charge in [-0.15, -0.1) is 0 Å². The first kappa shape index (κ1) is 18.2. The SMILES string of the molecule is CCC[CH2][Sn]([CH2]CCC)([CH2]CCC)[c]1cnc(C2CC2)cn1. The van der Waals surface area contributed by atoms with E-state index >= 15 is 0 Å². The molecule has 0 aromatic carbocycles. The number of hydrogen-bond donors (Lipinski definition) is 0. The van der Waals surface area contributed by atoms with Gasteiger partial charge in [-0.05, 0) is 0 Å². The topological polar surface area (TPSA) is 25.8 Å². The third-order valence-electron chi connectivity index (χ3n) is 5.24. The summed E-state index contributed by atoms with van der Waals surface area (Å²) < 4.78 is 5.95. The van der Waals surface area contributed by atoms with Crippen LogP contribution < -0.4 is 3.71 Å². The number of unbranched alkanes of at least 4 members (excludes halogenated alkanes) is 3. The summed E-state index contributed by atoms with van der Waals surface area (Å²) in [6, 6.07) is 0. The van der Waals surface area contributed by atoms with Gasteiger partial charge >= 0.3 is 142 Å². The molecule has 1 aromatic heterocycles. The van der Waals surface area contributed by atoms with E-state index in [0.29, 0.717) is 0 Å². The summed E-state index contributed by atoms with van der Waals surface area (Å²) >= 11 is -2.33. The van der Waals surface area contributed by atoms with Crippen molar-refractivity contribution in [1.82, 2.24) is 9.97 Å². The Labute approximate surface area is 141 Å². The average molecular weight is 409 g/mol. The van der Waals surface area contributed by atoms with Crippen LogP contribution in [0.5, 0.6) is 0 Å². The zero-order chi connectivity index (χ0) is 15.8. The zero-order valence-electron chi connectivity index (χ0n) is 14.9. The Kier molecular flexibility index (Phi) is 7.65. The number of hydrogen-bond acceptors (Lipinski definition) is 2. The molecule has 22 heavy (non-hydrogen) atoms. The van der Waals surface area contributed by atoms with Gasteiger partial charge in [-0.1, -0.05) is 0 Å². The first-order valence-electron chi connectivity index (χ1n) is 9.58. The van der Waals surface area contributed by atoms with Crippen molar-refractivity contribution in [2.45, 2.75) is 91.4 Å². The molecule has 0 aliphatic heterocycles. The summed E-state index contributed by atoms with van der Waals surface area (Å²) in [6.07, 6.45) is 15.2. The molecule has 3 heteroatoms. The Hall–Kier alpha value is -0.121. The molecule has 0 unspecified atom stereocenters. The van der Waals surface area contributed by atoms with Gasteiger partial charge in [0.2, 0.25) is 0 Å². The second kappa shape index (κ2) is 9.24. The van der Waals surface area contributed by atoms with Crippen LogP contribution in [-0.4, -0.2) is 28.3 Å². The van der Waals surface area contributed by atoms with Crippen LogP contribution >= 0.6 is 0 Å². The molecule has 0 bridgehead atoms. The number of nitrogens with zero attached hydrogens (tertiary/aromatic N) is 2. The van der Waals surface area contributed by atoms with Gasteiger partial charge in [-0.2, -0.15) is 0 Å². The van der Waals surface area contributed by atoms with Gasteiger partial charge < -0.3 is 0 Å². The van der Waals surface area contributed by atoms with Crippen LogP contribution in [0, 0.1) is 0 Å². The monoisotopic (exact) mass is 410 g/mol. The minimum absolute atomic E-state index is 0.730. The predicted molar refractivity (Wildman–Crippen MR) is 98.5 cm³/mol. The van der Waals surface area contributed by atoms with E-state index in [2.05, 4.69) is 33.2 Å². The molecular formula is C19H34N2Sn. The summed E-state index contributed by atoms with van der Waals surface area (Å²) in [6.45, 7) is 6.99. The molecule has 124 valence electrons. The fraction of sp³-hybridized carbons (Fsp3) is 0.789. The normalized spacial score (nSPS) is 15.2. The van der Waals surface area contributed by atoms with Crippen molar-refractivity contribution < 1.29 is 0 Å². The van der Waals surface area contributed by atoms with Gasteiger partial charge in [-0.25, -0.2) is 0 Å². The molecule has 1 heterocycles. The van der Waals surface area contributed by atoms with Crippen LogP contribution in [0.4, 0.5) is 0 Å². The van der Waals surface area contributed by atoms with E-state index in [1.165, 1.54) is 74.1 Å². The first-order valence-corrected chi connectivity index (χ1v) is 17.1. The standard InChI is InChI=1S/C7H7N2.3C4H9.Sn/c1-2-6(1)7-5-8-3-4-9-7;3*1-3-4-2;/h4-6H,1-2H2;3*1,3-4H2,2H3;. The van der Waals surface area contributed by atoms with Gasteiger partial charge in [0.25, 0.3) is 0 Å². The molecule has 1 aliphatic carbocycles. The summed E-state index contributed by atoms with van der Waals surface area (Å²) in [7, 11) is 0. The molecule has 1 aromatic rings. The Bertz CT molecular complexity index is 404. The van der Waals surface area contributed by atoms with E-state index in [9.17, 15) is 0 Å². The molecule has 0 saturated heterocycles. The molecule has 1 saturated carbocycles. The van der Waals surface area contributed by atoms with Gasteiger partial charge in [-0.3, -0.25) is 0 Å². The van der Waals surface area contributed by atoms with Gasteiger partial charge in [0.1, 0.15) is 0 Å². The fourth-order valence-corrected chi connectivity index (χ4v) is 18.6. The molecule has 2 nitrogen and oxygen atoms in total. The summed E-state index contributed by atoms with van der Waals surface area (Å²) in [5.41, 5.74) is 1.26. The van der Waals surface area contributed by atoms with E-state index in [1.807, 2.05) is 0 Å². The Morgan fingerprint density at radius 2 is 1.41 bits per heavy atom. The van der Waals surface area contributed by atoms with Crippen molar-refractivity contribution in [2.75, 3.05) is 0 Å². The van der Waals surface area contributed by atoms with Crippen LogP contribution in [0.2, 0.25) is 13.3 Å². The molecule has 0 N–H and O–H groups in total. The van der Waals surface area contributed by atoms with Crippen LogP contribution in [0.15, 0.2) is 12.4 Å². The van der Waals surface area contributed by atoms with E-state index in [0.717, 1.165) is 5.92 Å². The Balaban J connectivity index is 2.20. The van der Waals surface area contributed by atoms with E-state index < -0.39 is 18.4 Å². The van der Waals surface area contributed by atoms with Crippen molar-refractivity contribution in [3.05, 3.63) is 18.1 Å². The average Bonchev–Trinajstić information content (AvgIpc) is 3.40. The van der Waals surface area contributed by atoms with E-state index in [4.69, 9.17) is 9.97 Å². The van der Waals surface area contributed by atoms with Crippen molar-refractivity contribution >= 4 is 22.1 Å². The molecule has 0 radical (unpaired) electrons. The molecule has 0 spiro atoms. The molecule has 0 amide bonds. The molecular weight excluding hydrogens is 375 g/mol. The molecule has 1 fully saturated rings. The van der Waals surface area contributed by atoms with Gasteiger partial charge in [0, 0.05) is 0 Å².